The summed E-state index contributed by atoms with van der Waals surface area (Å²) in [6.07, 6.45) is 2.47. The van der Waals surface area contributed by atoms with Crippen LogP contribution in [0.3, 0.4) is 0 Å². The lowest BCUT2D eigenvalue weighted by molar-refractivity contribution is -0.658. The Labute approximate surface area is 174 Å². The lowest BCUT2D eigenvalue weighted by Gasteiger charge is -2.26. The van der Waals surface area contributed by atoms with E-state index in [1.165, 1.54) is 4.40 Å². The van der Waals surface area contributed by atoms with E-state index in [9.17, 15) is 9.59 Å². The van der Waals surface area contributed by atoms with E-state index in [2.05, 4.69) is 15.2 Å². The fourth-order valence-corrected chi connectivity index (χ4v) is 3.78. The van der Waals surface area contributed by atoms with E-state index in [4.69, 9.17) is 10.5 Å². The van der Waals surface area contributed by atoms with Crippen LogP contribution in [0, 0.1) is 0 Å². The first-order valence-electron chi connectivity index (χ1n) is 10.3. The van der Waals surface area contributed by atoms with E-state index in [0.717, 1.165) is 26.1 Å². The number of morpholine rings is 1. The summed E-state index contributed by atoms with van der Waals surface area (Å²) in [5.74, 6) is 0.0328. The molecule has 0 saturated carbocycles. The molecular formula is C21H27N6O3+. The zero-order valence-corrected chi connectivity index (χ0v) is 17.1. The number of carbonyl (C=O) groups is 1. The molecular weight excluding hydrogens is 384 g/mol. The van der Waals surface area contributed by atoms with Crippen molar-refractivity contribution < 1.29 is 14.1 Å². The summed E-state index contributed by atoms with van der Waals surface area (Å²) in [5, 5.41) is 3.31. The molecule has 1 amide bonds. The second kappa shape index (κ2) is 8.76. The fraction of sp³-hybridized carbons (Fsp3) is 0.429. The summed E-state index contributed by atoms with van der Waals surface area (Å²) in [7, 11) is 0. The van der Waals surface area contributed by atoms with Gasteiger partial charge in [0.2, 0.25) is 11.5 Å². The summed E-state index contributed by atoms with van der Waals surface area (Å²) >= 11 is 0. The monoisotopic (exact) mass is 411 g/mol. The Hall–Kier alpha value is -3.04. The van der Waals surface area contributed by atoms with Crippen LogP contribution in [0.25, 0.3) is 16.7 Å². The molecule has 158 valence electrons. The molecule has 4 rings (SSSR count). The van der Waals surface area contributed by atoms with Crippen molar-refractivity contribution in [3.8, 4) is 0 Å². The van der Waals surface area contributed by atoms with E-state index >= 15 is 0 Å². The Morgan fingerprint density at radius 3 is 2.90 bits per heavy atom. The highest BCUT2D eigenvalue weighted by atomic mass is 16.5. The van der Waals surface area contributed by atoms with Crippen molar-refractivity contribution in [1.29, 1.82) is 0 Å². The van der Waals surface area contributed by atoms with Gasteiger partial charge >= 0.3 is 0 Å². The van der Waals surface area contributed by atoms with Gasteiger partial charge in [0.1, 0.15) is 10.9 Å². The maximum absolute atomic E-state index is 13.1. The zero-order chi connectivity index (χ0) is 21.1. The number of pyridine rings is 2. The summed E-state index contributed by atoms with van der Waals surface area (Å²) in [5.41, 5.74) is 7.49. The van der Waals surface area contributed by atoms with E-state index < -0.39 is 0 Å². The highest BCUT2D eigenvalue weighted by molar-refractivity contribution is 6.00. The van der Waals surface area contributed by atoms with Gasteiger partial charge in [0.05, 0.1) is 19.8 Å². The Kier molecular flexibility index (Phi) is 5.91. The number of fused-ring (bicyclic) bond motifs is 2. The van der Waals surface area contributed by atoms with Crippen LogP contribution in [0.2, 0.25) is 0 Å². The number of ether oxygens (including phenoxy) is 1. The predicted molar refractivity (Wildman–Crippen MR) is 113 cm³/mol. The molecule has 0 aromatic carbocycles. The summed E-state index contributed by atoms with van der Waals surface area (Å²) < 4.78 is 8.59. The molecule has 4 heterocycles. The Bertz CT molecular complexity index is 1140. The highest BCUT2D eigenvalue weighted by Gasteiger charge is 2.24. The molecule has 0 aliphatic carbocycles. The van der Waals surface area contributed by atoms with E-state index in [-0.39, 0.29) is 11.5 Å². The number of rotatable bonds is 6. The fourth-order valence-electron chi connectivity index (χ4n) is 3.78. The molecule has 1 aliphatic rings. The van der Waals surface area contributed by atoms with Crippen molar-refractivity contribution in [3.63, 3.8) is 0 Å². The van der Waals surface area contributed by atoms with Crippen molar-refractivity contribution in [3.05, 3.63) is 46.4 Å². The number of aromatic nitrogens is 3. The third kappa shape index (κ3) is 3.86. The molecule has 1 aliphatic heterocycles. The van der Waals surface area contributed by atoms with Gasteiger partial charge in [-0.15, -0.1) is 0 Å². The number of nitrogen functional groups attached to an aromatic ring is 1. The molecule has 1 fully saturated rings. The zero-order valence-electron chi connectivity index (χ0n) is 17.1. The topological polar surface area (TPSA) is 106 Å². The SMILES string of the molecule is CCC[n+]1c(N)c(C(=O)NCCN2CCOCC2)cc2c(=O)n3ccccc3nc21. The van der Waals surface area contributed by atoms with Crippen molar-refractivity contribution in [2.75, 3.05) is 45.1 Å². The van der Waals surface area contributed by atoms with Gasteiger partial charge in [0, 0.05) is 32.4 Å². The van der Waals surface area contributed by atoms with Crippen LogP contribution in [0.5, 0.6) is 0 Å². The van der Waals surface area contributed by atoms with Crippen LogP contribution in [0.15, 0.2) is 35.3 Å². The number of amides is 1. The number of hydrogen-bond donors (Lipinski definition) is 2. The minimum absolute atomic E-state index is 0.220. The molecule has 3 aromatic heterocycles. The largest absolute Gasteiger partial charge is 0.379 e. The van der Waals surface area contributed by atoms with E-state index in [1.807, 2.05) is 13.0 Å². The second-order valence-electron chi connectivity index (χ2n) is 7.39. The normalized spacial score (nSPS) is 15.0. The molecule has 3 aromatic rings. The lowest BCUT2D eigenvalue weighted by Crippen LogP contribution is -2.44. The molecule has 9 nitrogen and oxygen atoms in total. The van der Waals surface area contributed by atoms with Crippen LogP contribution in [0.1, 0.15) is 23.7 Å². The van der Waals surface area contributed by atoms with Gasteiger partial charge in [0.15, 0.2) is 0 Å². The van der Waals surface area contributed by atoms with Gasteiger partial charge < -0.3 is 15.8 Å². The van der Waals surface area contributed by atoms with E-state index in [0.29, 0.717) is 54.4 Å². The average Bonchev–Trinajstić information content (AvgIpc) is 2.77. The molecule has 30 heavy (non-hydrogen) atoms. The van der Waals surface area contributed by atoms with Gasteiger partial charge in [-0.05, 0) is 24.6 Å². The van der Waals surface area contributed by atoms with Gasteiger partial charge in [-0.25, -0.2) is 4.57 Å². The number of nitrogens with two attached hydrogens (primary N) is 1. The van der Waals surface area contributed by atoms with Crippen molar-refractivity contribution >= 4 is 28.4 Å². The molecule has 9 heteroatoms. The lowest BCUT2D eigenvalue weighted by atomic mass is 10.1. The van der Waals surface area contributed by atoms with Crippen molar-refractivity contribution in [2.24, 2.45) is 0 Å². The summed E-state index contributed by atoms with van der Waals surface area (Å²) in [6.45, 7) is 6.97. The first-order chi connectivity index (χ1) is 14.6. The molecule has 1 saturated heterocycles. The van der Waals surface area contributed by atoms with Crippen molar-refractivity contribution in [1.82, 2.24) is 19.6 Å². The number of nitrogens with one attached hydrogen (secondary N) is 1. The first kappa shape index (κ1) is 20.2. The Morgan fingerprint density at radius 1 is 1.33 bits per heavy atom. The summed E-state index contributed by atoms with van der Waals surface area (Å²) in [6, 6.07) is 6.95. The van der Waals surface area contributed by atoms with Crippen LogP contribution in [-0.4, -0.2) is 59.6 Å². The van der Waals surface area contributed by atoms with Crippen LogP contribution >= 0.6 is 0 Å². The average molecular weight is 411 g/mol. The van der Waals surface area contributed by atoms with Gasteiger partial charge in [-0.1, -0.05) is 18.0 Å². The van der Waals surface area contributed by atoms with E-state index in [1.54, 1.807) is 29.0 Å². The number of aryl methyl sites for hydroxylation is 1. The van der Waals surface area contributed by atoms with Crippen molar-refractivity contribution in [2.45, 2.75) is 19.9 Å². The first-order valence-corrected chi connectivity index (χ1v) is 10.3. The maximum atomic E-state index is 13.1. The van der Waals surface area contributed by atoms with Crippen LogP contribution < -0.4 is 21.2 Å². The van der Waals surface area contributed by atoms with Gasteiger partial charge in [-0.2, -0.15) is 0 Å². The standard InChI is InChI=1S/C21H26N6O3/c1-2-7-27-18(22)15(20(28)23-6-9-25-10-12-30-13-11-25)14-16-19(27)24-17-5-3-4-8-26(17)21(16)29/h3-5,8,14,22H,2,6-7,9-13H2,1H3,(H,23,28)/p+1. The van der Waals surface area contributed by atoms with Gasteiger partial charge in [0.25, 0.3) is 17.1 Å². The molecule has 0 radical (unpaired) electrons. The quantitative estimate of drug-likeness (QED) is 0.443. The number of hydrogen-bond acceptors (Lipinski definition) is 6. The summed E-state index contributed by atoms with van der Waals surface area (Å²) in [4.78, 5) is 32.9. The van der Waals surface area contributed by atoms with Crippen LogP contribution in [0.4, 0.5) is 5.82 Å². The predicted octanol–water partition coefficient (Wildman–Crippen LogP) is 0.189. The molecule has 0 bridgehead atoms. The molecule has 0 atom stereocenters. The number of anilines is 1. The molecule has 0 spiro atoms. The number of carbonyl (C=O) groups excluding carboxylic acids is 1. The van der Waals surface area contributed by atoms with Crippen LogP contribution in [-0.2, 0) is 11.3 Å². The smallest absolute Gasteiger partial charge is 0.278 e. The molecule has 0 unspecified atom stereocenters. The Morgan fingerprint density at radius 2 is 2.13 bits per heavy atom. The molecule has 3 N–H and O–H groups in total. The highest BCUT2D eigenvalue weighted by Crippen LogP contribution is 2.15. The second-order valence-corrected chi connectivity index (χ2v) is 7.39. The minimum atomic E-state index is -0.287. The third-order valence-corrected chi connectivity index (χ3v) is 5.37. The Balaban J connectivity index is 1.69. The maximum Gasteiger partial charge on any atom is 0.278 e. The minimum Gasteiger partial charge on any atom is -0.379 e. The van der Waals surface area contributed by atoms with Gasteiger partial charge in [-0.3, -0.25) is 18.9 Å². The number of nitrogens with zero attached hydrogens (tertiary/aromatic N) is 4. The third-order valence-electron chi connectivity index (χ3n) is 5.37.